The fraction of sp³-hybridized carbons (Fsp3) is 0.471. The summed E-state index contributed by atoms with van der Waals surface area (Å²) in [6.07, 6.45) is 0. The molecule has 1 aromatic heterocycles. The van der Waals surface area contributed by atoms with E-state index in [-0.39, 0.29) is 5.91 Å². The van der Waals surface area contributed by atoms with Crippen LogP contribution in [0.1, 0.15) is 32.9 Å². The Balaban J connectivity index is 1.54. The lowest BCUT2D eigenvalue weighted by molar-refractivity contribution is 0.0950. The standard InChI is InChI=1S/C17H23N5OS/c1-12-3-5-14(6-4-12)10-19-16(23)17-21-20-15(24-17)11-22-8-7-18-9-13(22)2/h3-6,13,18H,7-11H2,1-2H3,(H,19,23)/t13-/m0/s1. The molecule has 2 N–H and O–H groups in total. The van der Waals surface area contributed by atoms with Crippen LogP contribution in [0.5, 0.6) is 0 Å². The summed E-state index contributed by atoms with van der Waals surface area (Å²) in [5.41, 5.74) is 2.29. The van der Waals surface area contributed by atoms with E-state index in [1.54, 1.807) is 0 Å². The lowest BCUT2D eigenvalue weighted by Crippen LogP contribution is -2.49. The molecule has 1 atom stereocenters. The van der Waals surface area contributed by atoms with Crippen LogP contribution in [0.25, 0.3) is 0 Å². The Bertz CT molecular complexity index is 685. The Morgan fingerprint density at radius 1 is 1.38 bits per heavy atom. The van der Waals surface area contributed by atoms with Crippen molar-refractivity contribution in [1.29, 1.82) is 0 Å². The summed E-state index contributed by atoms with van der Waals surface area (Å²) < 4.78 is 0. The molecule has 1 aliphatic rings. The molecule has 1 amide bonds. The number of benzene rings is 1. The van der Waals surface area contributed by atoms with Crippen molar-refractivity contribution in [1.82, 2.24) is 25.7 Å². The van der Waals surface area contributed by atoms with Gasteiger partial charge < -0.3 is 10.6 Å². The Morgan fingerprint density at radius 2 is 2.17 bits per heavy atom. The van der Waals surface area contributed by atoms with Crippen molar-refractivity contribution < 1.29 is 4.79 Å². The first-order valence-corrected chi connectivity index (χ1v) is 9.04. The van der Waals surface area contributed by atoms with Crippen LogP contribution >= 0.6 is 11.3 Å². The van der Waals surface area contributed by atoms with Crippen LogP contribution in [0.2, 0.25) is 0 Å². The van der Waals surface area contributed by atoms with E-state index in [0.717, 1.165) is 36.8 Å². The Morgan fingerprint density at radius 3 is 2.92 bits per heavy atom. The van der Waals surface area contributed by atoms with E-state index in [1.807, 2.05) is 31.2 Å². The van der Waals surface area contributed by atoms with Gasteiger partial charge in [0.05, 0.1) is 6.54 Å². The van der Waals surface area contributed by atoms with Crippen LogP contribution in [-0.4, -0.2) is 46.7 Å². The number of nitrogens with one attached hydrogen (secondary N) is 2. The van der Waals surface area contributed by atoms with Gasteiger partial charge in [0.15, 0.2) is 0 Å². The first kappa shape index (κ1) is 17.0. The van der Waals surface area contributed by atoms with E-state index >= 15 is 0 Å². The van der Waals surface area contributed by atoms with Crippen LogP contribution in [-0.2, 0) is 13.1 Å². The first-order chi connectivity index (χ1) is 11.6. The van der Waals surface area contributed by atoms with Crippen LogP contribution in [0, 0.1) is 6.92 Å². The van der Waals surface area contributed by atoms with Crippen molar-refractivity contribution in [3.8, 4) is 0 Å². The highest BCUT2D eigenvalue weighted by atomic mass is 32.1. The highest BCUT2D eigenvalue weighted by molar-refractivity contribution is 7.13. The average molecular weight is 345 g/mol. The molecule has 128 valence electrons. The normalized spacial score (nSPS) is 18.5. The average Bonchev–Trinajstić information content (AvgIpc) is 3.05. The van der Waals surface area contributed by atoms with Crippen LogP contribution in [0.15, 0.2) is 24.3 Å². The summed E-state index contributed by atoms with van der Waals surface area (Å²) in [6, 6.07) is 8.60. The second-order valence-corrected chi connectivity index (χ2v) is 7.25. The van der Waals surface area contributed by atoms with Crippen molar-refractivity contribution in [2.24, 2.45) is 0 Å². The predicted octanol–water partition coefficient (Wildman–Crippen LogP) is 1.57. The van der Waals surface area contributed by atoms with Gasteiger partial charge in [-0.2, -0.15) is 0 Å². The molecule has 0 saturated carbocycles. The third-order valence-electron chi connectivity index (χ3n) is 4.21. The molecule has 0 unspecified atom stereocenters. The molecule has 2 aromatic rings. The second kappa shape index (κ2) is 7.83. The molecule has 6 nitrogen and oxygen atoms in total. The number of aromatic nitrogens is 2. The highest BCUT2D eigenvalue weighted by Crippen LogP contribution is 2.15. The zero-order valence-corrected chi connectivity index (χ0v) is 14.9. The molecule has 0 aliphatic carbocycles. The Labute approximate surface area is 146 Å². The summed E-state index contributed by atoms with van der Waals surface area (Å²) in [5, 5.41) is 15.8. The van der Waals surface area contributed by atoms with Crippen molar-refractivity contribution in [2.75, 3.05) is 19.6 Å². The molecule has 1 aromatic carbocycles. The van der Waals surface area contributed by atoms with Gasteiger partial charge in [0.2, 0.25) is 5.01 Å². The van der Waals surface area contributed by atoms with E-state index in [0.29, 0.717) is 17.6 Å². The molecule has 1 saturated heterocycles. The van der Waals surface area contributed by atoms with Gasteiger partial charge in [-0.25, -0.2) is 0 Å². The fourth-order valence-electron chi connectivity index (χ4n) is 2.66. The number of aryl methyl sites for hydroxylation is 1. The lowest BCUT2D eigenvalue weighted by atomic mass is 10.1. The molecule has 24 heavy (non-hydrogen) atoms. The maximum absolute atomic E-state index is 12.2. The molecule has 0 radical (unpaired) electrons. The monoisotopic (exact) mass is 345 g/mol. The zero-order valence-electron chi connectivity index (χ0n) is 14.1. The van der Waals surface area contributed by atoms with E-state index in [4.69, 9.17) is 0 Å². The molecule has 2 heterocycles. The molecule has 1 aliphatic heterocycles. The smallest absolute Gasteiger partial charge is 0.282 e. The van der Waals surface area contributed by atoms with Gasteiger partial charge >= 0.3 is 0 Å². The Hall–Kier alpha value is -1.83. The number of amides is 1. The third kappa shape index (κ3) is 4.37. The maximum atomic E-state index is 12.2. The third-order valence-corrected chi connectivity index (χ3v) is 5.12. The molecule has 1 fully saturated rings. The van der Waals surface area contributed by atoms with Crippen LogP contribution in [0.3, 0.4) is 0 Å². The van der Waals surface area contributed by atoms with Crippen molar-refractivity contribution in [3.05, 3.63) is 45.4 Å². The highest BCUT2D eigenvalue weighted by Gasteiger charge is 2.20. The van der Waals surface area contributed by atoms with Crippen LogP contribution < -0.4 is 10.6 Å². The summed E-state index contributed by atoms with van der Waals surface area (Å²) in [5.74, 6) is -0.160. The van der Waals surface area contributed by atoms with Crippen molar-refractivity contribution >= 4 is 17.2 Å². The SMILES string of the molecule is Cc1ccc(CNC(=O)c2nnc(CN3CCNC[C@@H]3C)s2)cc1. The van der Waals surface area contributed by atoms with E-state index in [1.165, 1.54) is 16.9 Å². The number of carbonyl (C=O) groups is 1. The molecule has 0 spiro atoms. The Kier molecular flexibility index (Phi) is 5.55. The predicted molar refractivity (Wildman–Crippen MR) is 95.0 cm³/mol. The van der Waals surface area contributed by atoms with Gasteiger partial charge in [0.25, 0.3) is 5.91 Å². The van der Waals surface area contributed by atoms with Gasteiger partial charge in [-0.3, -0.25) is 9.69 Å². The van der Waals surface area contributed by atoms with Gasteiger partial charge in [-0.1, -0.05) is 41.2 Å². The second-order valence-electron chi connectivity index (χ2n) is 6.19. The largest absolute Gasteiger partial charge is 0.346 e. The molecule has 0 bridgehead atoms. The lowest BCUT2D eigenvalue weighted by Gasteiger charge is -2.32. The van der Waals surface area contributed by atoms with E-state index in [9.17, 15) is 4.79 Å². The number of carbonyl (C=O) groups excluding carboxylic acids is 1. The maximum Gasteiger partial charge on any atom is 0.282 e. The number of rotatable bonds is 5. The number of hydrogen-bond acceptors (Lipinski definition) is 6. The fourth-order valence-corrected chi connectivity index (χ4v) is 3.45. The summed E-state index contributed by atoms with van der Waals surface area (Å²) >= 11 is 1.38. The zero-order chi connectivity index (χ0) is 16.9. The van der Waals surface area contributed by atoms with Crippen molar-refractivity contribution in [3.63, 3.8) is 0 Å². The quantitative estimate of drug-likeness (QED) is 0.861. The molecular weight excluding hydrogens is 322 g/mol. The topological polar surface area (TPSA) is 70.2 Å². The van der Waals surface area contributed by atoms with E-state index < -0.39 is 0 Å². The van der Waals surface area contributed by atoms with Gasteiger partial charge in [-0.15, -0.1) is 10.2 Å². The van der Waals surface area contributed by atoms with E-state index in [2.05, 4.69) is 32.7 Å². The number of nitrogens with zero attached hydrogens (tertiary/aromatic N) is 3. The summed E-state index contributed by atoms with van der Waals surface area (Å²) in [7, 11) is 0. The van der Waals surface area contributed by atoms with Crippen molar-refractivity contribution in [2.45, 2.75) is 33.0 Å². The van der Waals surface area contributed by atoms with Crippen LogP contribution in [0.4, 0.5) is 0 Å². The minimum atomic E-state index is -0.160. The molecule has 7 heteroatoms. The van der Waals surface area contributed by atoms with Gasteiger partial charge in [0.1, 0.15) is 5.01 Å². The van der Waals surface area contributed by atoms with Gasteiger partial charge in [0, 0.05) is 32.2 Å². The minimum absolute atomic E-state index is 0.160. The summed E-state index contributed by atoms with van der Waals surface area (Å²) in [6.45, 7) is 8.48. The molecule has 3 rings (SSSR count). The first-order valence-electron chi connectivity index (χ1n) is 8.22. The number of piperazine rings is 1. The van der Waals surface area contributed by atoms with Gasteiger partial charge in [-0.05, 0) is 19.4 Å². The summed E-state index contributed by atoms with van der Waals surface area (Å²) in [4.78, 5) is 14.6. The minimum Gasteiger partial charge on any atom is -0.346 e. The number of hydrogen-bond donors (Lipinski definition) is 2. The molecular formula is C17H23N5OS.